The van der Waals surface area contributed by atoms with Gasteiger partial charge in [0.25, 0.3) is 0 Å². The van der Waals surface area contributed by atoms with Gasteiger partial charge in [-0.15, -0.1) is 12.4 Å². The van der Waals surface area contributed by atoms with Gasteiger partial charge in [-0.3, -0.25) is 4.79 Å². The molecule has 3 nitrogen and oxygen atoms in total. The molecule has 0 aliphatic carbocycles. The van der Waals surface area contributed by atoms with Gasteiger partial charge >= 0.3 is 0 Å². The standard InChI is InChI=1S/C14H19BrN2O.ClH/c15-13-4-2-1-3-11(13)5-6-14(18)17-9-7-12(16)8-10-17;/h1-4,12H,5-10,16H2;1H. The van der Waals surface area contributed by atoms with Crippen molar-refractivity contribution in [1.29, 1.82) is 0 Å². The third-order valence-electron chi connectivity index (χ3n) is 3.46. The Kier molecular flexibility index (Phi) is 6.83. The number of benzene rings is 1. The minimum atomic E-state index is 0. The number of aryl methyl sites for hydroxylation is 1. The summed E-state index contributed by atoms with van der Waals surface area (Å²) in [6, 6.07) is 8.34. The second kappa shape index (κ2) is 7.88. The van der Waals surface area contributed by atoms with Crippen LogP contribution in [0, 0.1) is 0 Å². The molecule has 0 atom stereocenters. The van der Waals surface area contributed by atoms with E-state index in [0.717, 1.165) is 36.8 Å². The number of nitrogens with zero attached hydrogens (tertiary/aromatic N) is 1. The predicted molar refractivity (Wildman–Crippen MR) is 83.5 cm³/mol. The van der Waals surface area contributed by atoms with Gasteiger partial charge in [0.2, 0.25) is 5.91 Å². The van der Waals surface area contributed by atoms with Gasteiger partial charge in [0.1, 0.15) is 0 Å². The molecule has 2 N–H and O–H groups in total. The average Bonchev–Trinajstić information content (AvgIpc) is 2.38. The summed E-state index contributed by atoms with van der Waals surface area (Å²) in [5.41, 5.74) is 7.03. The van der Waals surface area contributed by atoms with Crippen molar-refractivity contribution in [3.05, 3.63) is 34.3 Å². The first-order valence-corrected chi connectivity index (χ1v) is 7.23. The lowest BCUT2D eigenvalue weighted by atomic mass is 10.0. The summed E-state index contributed by atoms with van der Waals surface area (Å²) in [6.07, 6.45) is 3.24. The van der Waals surface area contributed by atoms with Gasteiger partial charge in [0, 0.05) is 30.0 Å². The first-order chi connectivity index (χ1) is 8.66. The maximum Gasteiger partial charge on any atom is 0.222 e. The van der Waals surface area contributed by atoms with Crippen LogP contribution < -0.4 is 5.73 Å². The molecule has 19 heavy (non-hydrogen) atoms. The van der Waals surface area contributed by atoms with Crippen molar-refractivity contribution in [1.82, 2.24) is 4.90 Å². The highest BCUT2D eigenvalue weighted by Gasteiger charge is 2.20. The van der Waals surface area contributed by atoms with Gasteiger partial charge in [-0.25, -0.2) is 0 Å². The summed E-state index contributed by atoms with van der Waals surface area (Å²) in [5, 5.41) is 0. The second-order valence-electron chi connectivity index (χ2n) is 4.81. The van der Waals surface area contributed by atoms with Crippen LogP contribution in [0.4, 0.5) is 0 Å². The summed E-state index contributed by atoms with van der Waals surface area (Å²) in [6.45, 7) is 1.63. The fourth-order valence-electron chi connectivity index (χ4n) is 2.25. The summed E-state index contributed by atoms with van der Waals surface area (Å²) in [7, 11) is 0. The predicted octanol–water partition coefficient (Wildman–Crippen LogP) is 2.75. The van der Waals surface area contributed by atoms with Gasteiger partial charge in [-0.2, -0.15) is 0 Å². The molecule has 1 amide bonds. The minimum absolute atomic E-state index is 0. The number of piperidine rings is 1. The third kappa shape index (κ3) is 4.79. The molecule has 0 radical (unpaired) electrons. The van der Waals surface area contributed by atoms with E-state index in [1.807, 2.05) is 23.1 Å². The number of rotatable bonds is 3. The van der Waals surface area contributed by atoms with Crippen LogP contribution in [-0.4, -0.2) is 29.9 Å². The molecule has 1 aromatic rings. The fraction of sp³-hybridized carbons (Fsp3) is 0.500. The summed E-state index contributed by atoms with van der Waals surface area (Å²) in [4.78, 5) is 14.0. The molecular formula is C14H20BrClN2O. The summed E-state index contributed by atoms with van der Waals surface area (Å²) < 4.78 is 1.08. The molecule has 106 valence electrons. The van der Waals surface area contributed by atoms with Gasteiger partial charge in [0.15, 0.2) is 0 Å². The average molecular weight is 348 g/mol. The lowest BCUT2D eigenvalue weighted by Gasteiger charge is -2.30. The molecule has 1 aliphatic heterocycles. The second-order valence-corrected chi connectivity index (χ2v) is 5.66. The van der Waals surface area contributed by atoms with Gasteiger partial charge < -0.3 is 10.6 Å². The smallest absolute Gasteiger partial charge is 0.222 e. The molecule has 1 aliphatic rings. The molecule has 1 fully saturated rings. The van der Waals surface area contributed by atoms with Crippen molar-refractivity contribution < 1.29 is 4.79 Å². The van der Waals surface area contributed by atoms with Crippen molar-refractivity contribution >= 4 is 34.2 Å². The van der Waals surface area contributed by atoms with E-state index in [1.165, 1.54) is 5.56 Å². The Morgan fingerprint density at radius 3 is 2.58 bits per heavy atom. The lowest BCUT2D eigenvalue weighted by Crippen LogP contribution is -2.42. The van der Waals surface area contributed by atoms with Crippen molar-refractivity contribution in [2.24, 2.45) is 5.73 Å². The number of carbonyl (C=O) groups excluding carboxylic acids is 1. The van der Waals surface area contributed by atoms with Crippen molar-refractivity contribution in [2.45, 2.75) is 31.7 Å². The van der Waals surface area contributed by atoms with E-state index < -0.39 is 0 Å². The maximum absolute atomic E-state index is 12.1. The SMILES string of the molecule is Cl.NC1CCN(C(=O)CCc2ccccc2Br)CC1. The highest BCUT2D eigenvalue weighted by Crippen LogP contribution is 2.18. The molecular weight excluding hydrogens is 328 g/mol. The maximum atomic E-state index is 12.1. The van der Waals surface area contributed by atoms with E-state index in [4.69, 9.17) is 5.73 Å². The van der Waals surface area contributed by atoms with Crippen molar-refractivity contribution in [3.63, 3.8) is 0 Å². The first kappa shape index (κ1) is 16.5. The Labute approximate surface area is 129 Å². The Balaban J connectivity index is 0.00000180. The van der Waals surface area contributed by atoms with Crippen LogP contribution in [0.2, 0.25) is 0 Å². The molecule has 1 heterocycles. The largest absolute Gasteiger partial charge is 0.343 e. The molecule has 0 saturated carbocycles. The monoisotopic (exact) mass is 346 g/mol. The van der Waals surface area contributed by atoms with Gasteiger partial charge in [-0.05, 0) is 30.9 Å². The van der Waals surface area contributed by atoms with Crippen LogP contribution in [0.3, 0.4) is 0 Å². The van der Waals surface area contributed by atoms with Crippen LogP contribution >= 0.6 is 28.3 Å². The first-order valence-electron chi connectivity index (χ1n) is 6.43. The Hall–Kier alpha value is -0.580. The molecule has 1 aromatic carbocycles. The number of nitrogens with two attached hydrogens (primary N) is 1. The van der Waals surface area contributed by atoms with E-state index in [9.17, 15) is 4.79 Å². The number of halogens is 2. The number of hydrogen-bond donors (Lipinski definition) is 1. The molecule has 0 unspecified atom stereocenters. The van der Waals surface area contributed by atoms with Crippen LogP contribution in [-0.2, 0) is 11.2 Å². The van der Waals surface area contributed by atoms with E-state index in [0.29, 0.717) is 6.42 Å². The normalized spacial score (nSPS) is 16.0. The third-order valence-corrected chi connectivity index (χ3v) is 4.23. The van der Waals surface area contributed by atoms with Gasteiger partial charge in [0.05, 0.1) is 0 Å². The van der Waals surface area contributed by atoms with E-state index in [-0.39, 0.29) is 24.4 Å². The van der Waals surface area contributed by atoms with Crippen LogP contribution in [0.5, 0.6) is 0 Å². The Morgan fingerprint density at radius 1 is 1.32 bits per heavy atom. The fourth-order valence-corrected chi connectivity index (χ4v) is 2.73. The van der Waals surface area contributed by atoms with E-state index >= 15 is 0 Å². The summed E-state index contributed by atoms with van der Waals surface area (Å²) in [5.74, 6) is 0.248. The Bertz CT molecular complexity index is 420. The highest BCUT2D eigenvalue weighted by molar-refractivity contribution is 9.10. The van der Waals surface area contributed by atoms with Crippen LogP contribution in [0.25, 0.3) is 0 Å². The molecule has 5 heteroatoms. The number of hydrogen-bond acceptors (Lipinski definition) is 2. The zero-order valence-corrected chi connectivity index (χ0v) is 13.3. The molecule has 2 rings (SSSR count). The van der Waals surface area contributed by atoms with Crippen LogP contribution in [0.1, 0.15) is 24.8 Å². The molecule has 1 saturated heterocycles. The van der Waals surface area contributed by atoms with Crippen molar-refractivity contribution in [3.8, 4) is 0 Å². The zero-order valence-electron chi connectivity index (χ0n) is 10.8. The van der Waals surface area contributed by atoms with Crippen LogP contribution in [0.15, 0.2) is 28.7 Å². The highest BCUT2D eigenvalue weighted by atomic mass is 79.9. The number of amides is 1. The summed E-state index contributed by atoms with van der Waals surface area (Å²) >= 11 is 3.51. The van der Waals surface area contributed by atoms with Gasteiger partial charge in [-0.1, -0.05) is 34.1 Å². The number of carbonyl (C=O) groups is 1. The number of likely N-dealkylation sites (tertiary alicyclic amines) is 1. The molecule has 0 aromatic heterocycles. The van der Waals surface area contributed by atoms with Crippen molar-refractivity contribution in [2.75, 3.05) is 13.1 Å². The Morgan fingerprint density at radius 2 is 1.95 bits per heavy atom. The quantitative estimate of drug-likeness (QED) is 0.914. The topological polar surface area (TPSA) is 46.3 Å². The molecule has 0 bridgehead atoms. The van der Waals surface area contributed by atoms with E-state index in [1.54, 1.807) is 0 Å². The molecule has 0 spiro atoms. The minimum Gasteiger partial charge on any atom is -0.343 e. The lowest BCUT2D eigenvalue weighted by molar-refractivity contribution is -0.132. The van der Waals surface area contributed by atoms with E-state index in [2.05, 4.69) is 22.0 Å². The zero-order chi connectivity index (χ0) is 13.0.